The van der Waals surface area contributed by atoms with Crippen LogP contribution in [-0.4, -0.2) is 41.9 Å². The summed E-state index contributed by atoms with van der Waals surface area (Å²) in [6.07, 6.45) is 8.60. The fraction of sp³-hybridized carbons (Fsp3) is 0.240. The number of aryl methyl sites for hydroxylation is 1. The largest absolute Gasteiger partial charge is 0.493 e. The molecule has 0 bridgehead atoms. The molecule has 0 fully saturated rings. The Morgan fingerprint density at radius 3 is 2.58 bits per heavy atom. The van der Waals surface area contributed by atoms with Crippen molar-refractivity contribution < 1.29 is 14.3 Å². The van der Waals surface area contributed by atoms with E-state index in [1.165, 1.54) is 6.08 Å². The maximum absolute atomic E-state index is 12.6. The number of nitrogens with one attached hydrogen (secondary N) is 2. The molecule has 2 aromatic heterocycles. The Labute approximate surface area is 193 Å². The molecule has 0 unspecified atom stereocenters. The van der Waals surface area contributed by atoms with Crippen molar-refractivity contribution in [3.05, 3.63) is 72.7 Å². The molecule has 8 heteroatoms. The standard InChI is InChI=1S/C25H29N5O3/c1-16(24-20(11-12-27-25(24)26-3)19-14-28-30(4)15-19)7-10-23(31)29-17(2)18-8-9-21(32-5)22(13-18)33-6/h7-15,17H,1H2,2-6H3,(H,26,27)(H,29,31)/b10-7+/t17-/m1/s1. The van der Waals surface area contributed by atoms with Gasteiger partial charge in [-0.05, 0) is 47.9 Å². The molecule has 0 aliphatic carbocycles. The van der Waals surface area contributed by atoms with Crippen molar-refractivity contribution in [2.45, 2.75) is 13.0 Å². The summed E-state index contributed by atoms with van der Waals surface area (Å²) in [6.45, 7) is 6.08. The van der Waals surface area contributed by atoms with Crippen LogP contribution in [0.3, 0.4) is 0 Å². The molecule has 1 atom stereocenters. The molecule has 0 saturated carbocycles. The van der Waals surface area contributed by atoms with Crippen LogP contribution in [-0.2, 0) is 11.8 Å². The van der Waals surface area contributed by atoms with Gasteiger partial charge in [-0.3, -0.25) is 9.48 Å². The van der Waals surface area contributed by atoms with Crippen molar-refractivity contribution in [3.63, 3.8) is 0 Å². The third-order valence-corrected chi connectivity index (χ3v) is 5.23. The van der Waals surface area contributed by atoms with E-state index in [0.717, 1.165) is 22.3 Å². The molecule has 0 aliphatic rings. The van der Waals surface area contributed by atoms with E-state index < -0.39 is 0 Å². The lowest BCUT2D eigenvalue weighted by atomic mass is 9.97. The minimum absolute atomic E-state index is 0.229. The van der Waals surface area contributed by atoms with Crippen LogP contribution in [0.4, 0.5) is 5.82 Å². The molecule has 8 nitrogen and oxygen atoms in total. The molecule has 3 rings (SSSR count). The van der Waals surface area contributed by atoms with Gasteiger partial charge in [0.2, 0.25) is 5.91 Å². The predicted octanol–water partition coefficient (Wildman–Crippen LogP) is 3.99. The van der Waals surface area contributed by atoms with Crippen molar-refractivity contribution >= 4 is 17.3 Å². The number of ether oxygens (including phenoxy) is 2. The molecular weight excluding hydrogens is 418 g/mol. The summed E-state index contributed by atoms with van der Waals surface area (Å²) in [5.41, 5.74) is 4.23. The number of amides is 1. The monoisotopic (exact) mass is 447 g/mol. The number of benzene rings is 1. The van der Waals surface area contributed by atoms with Crippen LogP contribution in [0.15, 0.2) is 61.6 Å². The van der Waals surface area contributed by atoms with Gasteiger partial charge in [-0.25, -0.2) is 4.98 Å². The number of hydrogen-bond acceptors (Lipinski definition) is 6. The van der Waals surface area contributed by atoms with Crippen molar-refractivity contribution in [1.82, 2.24) is 20.1 Å². The zero-order valence-corrected chi connectivity index (χ0v) is 19.5. The molecule has 1 aromatic carbocycles. The second-order valence-electron chi connectivity index (χ2n) is 7.44. The van der Waals surface area contributed by atoms with E-state index in [4.69, 9.17) is 9.47 Å². The van der Waals surface area contributed by atoms with Gasteiger partial charge in [0.25, 0.3) is 0 Å². The first-order valence-electron chi connectivity index (χ1n) is 10.4. The number of hydrogen-bond donors (Lipinski definition) is 2. The lowest BCUT2D eigenvalue weighted by Gasteiger charge is -2.16. The zero-order valence-electron chi connectivity index (χ0n) is 19.5. The number of nitrogens with zero attached hydrogens (tertiary/aromatic N) is 3. The smallest absolute Gasteiger partial charge is 0.244 e. The Morgan fingerprint density at radius 2 is 1.94 bits per heavy atom. The average molecular weight is 448 g/mol. The minimum atomic E-state index is -0.240. The van der Waals surface area contributed by atoms with Gasteiger partial charge in [0.1, 0.15) is 5.82 Å². The molecule has 0 radical (unpaired) electrons. The van der Waals surface area contributed by atoms with E-state index in [1.807, 2.05) is 44.4 Å². The molecule has 33 heavy (non-hydrogen) atoms. The number of methoxy groups -OCH3 is 2. The minimum Gasteiger partial charge on any atom is -0.493 e. The maximum atomic E-state index is 12.6. The number of rotatable bonds is 9. The maximum Gasteiger partial charge on any atom is 0.244 e. The van der Waals surface area contributed by atoms with Gasteiger partial charge in [0, 0.05) is 43.7 Å². The summed E-state index contributed by atoms with van der Waals surface area (Å²) in [4.78, 5) is 17.0. The van der Waals surface area contributed by atoms with E-state index in [9.17, 15) is 4.79 Å². The molecule has 3 aromatic rings. The van der Waals surface area contributed by atoms with Crippen LogP contribution in [0.5, 0.6) is 11.5 Å². The SMILES string of the molecule is C=C(/C=C/C(=O)N[C@H](C)c1ccc(OC)c(OC)c1)c1c(-c2cnn(C)c2)ccnc1NC. The highest BCUT2D eigenvalue weighted by atomic mass is 16.5. The van der Waals surface area contributed by atoms with Gasteiger partial charge in [0.15, 0.2) is 11.5 Å². The lowest BCUT2D eigenvalue weighted by molar-refractivity contribution is -0.117. The third kappa shape index (κ3) is 5.41. The van der Waals surface area contributed by atoms with E-state index >= 15 is 0 Å². The van der Waals surface area contributed by atoms with Crippen LogP contribution in [0.25, 0.3) is 16.7 Å². The van der Waals surface area contributed by atoms with Crippen molar-refractivity contribution in [3.8, 4) is 22.6 Å². The van der Waals surface area contributed by atoms with Crippen LogP contribution < -0.4 is 20.1 Å². The number of carbonyl (C=O) groups excluding carboxylic acids is 1. The molecule has 2 heterocycles. The molecule has 2 N–H and O–H groups in total. The fourth-order valence-corrected chi connectivity index (χ4v) is 3.50. The topological polar surface area (TPSA) is 90.3 Å². The van der Waals surface area contributed by atoms with Gasteiger partial charge in [0.05, 0.1) is 26.5 Å². The van der Waals surface area contributed by atoms with Gasteiger partial charge in [-0.15, -0.1) is 0 Å². The second-order valence-corrected chi connectivity index (χ2v) is 7.44. The van der Waals surface area contributed by atoms with Crippen LogP contribution >= 0.6 is 0 Å². The Balaban J connectivity index is 1.78. The molecule has 0 aliphatic heterocycles. The van der Waals surface area contributed by atoms with Crippen molar-refractivity contribution in [1.29, 1.82) is 0 Å². The Bertz CT molecular complexity index is 1180. The lowest BCUT2D eigenvalue weighted by Crippen LogP contribution is -2.24. The summed E-state index contributed by atoms with van der Waals surface area (Å²) in [6, 6.07) is 7.24. The van der Waals surface area contributed by atoms with E-state index in [1.54, 1.807) is 44.4 Å². The van der Waals surface area contributed by atoms with Crippen LogP contribution in [0, 0.1) is 0 Å². The number of aromatic nitrogens is 3. The Hall–Kier alpha value is -4.07. The first-order valence-corrected chi connectivity index (χ1v) is 10.4. The van der Waals surface area contributed by atoms with E-state index in [2.05, 4.69) is 27.3 Å². The van der Waals surface area contributed by atoms with Gasteiger partial charge in [-0.1, -0.05) is 12.6 Å². The number of anilines is 1. The third-order valence-electron chi connectivity index (χ3n) is 5.23. The summed E-state index contributed by atoms with van der Waals surface area (Å²) in [5.74, 6) is 1.68. The number of carbonyl (C=O) groups is 1. The number of pyridine rings is 1. The summed E-state index contributed by atoms with van der Waals surface area (Å²) in [7, 11) is 6.83. The number of allylic oxidation sites excluding steroid dienone is 2. The summed E-state index contributed by atoms with van der Waals surface area (Å²) >= 11 is 0. The molecule has 0 saturated heterocycles. The second kappa shape index (κ2) is 10.5. The first-order chi connectivity index (χ1) is 15.9. The van der Waals surface area contributed by atoms with Gasteiger partial charge in [-0.2, -0.15) is 5.10 Å². The van der Waals surface area contributed by atoms with Crippen molar-refractivity contribution in [2.75, 3.05) is 26.6 Å². The summed E-state index contributed by atoms with van der Waals surface area (Å²) in [5, 5.41) is 10.3. The zero-order chi connectivity index (χ0) is 24.0. The quantitative estimate of drug-likeness (QED) is 0.381. The van der Waals surface area contributed by atoms with Crippen LogP contribution in [0.2, 0.25) is 0 Å². The van der Waals surface area contributed by atoms with E-state index in [0.29, 0.717) is 22.9 Å². The van der Waals surface area contributed by atoms with Gasteiger partial charge < -0.3 is 20.1 Å². The Kier molecular flexibility index (Phi) is 7.50. The molecular formula is C25H29N5O3. The molecule has 172 valence electrons. The highest BCUT2D eigenvalue weighted by molar-refractivity contribution is 5.95. The molecule has 0 spiro atoms. The van der Waals surface area contributed by atoms with Crippen LogP contribution in [0.1, 0.15) is 24.1 Å². The first kappa shape index (κ1) is 23.6. The van der Waals surface area contributed by atoms with E-state index in [-0.39, 0.29) is 11.9 Å². The fourth-order valence-electron chi connectivity index (χ4n) is 3.50. The molecule has 1 amide bonds. The normalized spacial score (nSPS) is 11.8. The summed E-state index contributed by atoms with van der Waals surface area (Å²) < 4.78 is 12.4. The predicted molar refractivity (Wildman–Crippen MR) is 130 cm³/mol. The highest BCUT2D eigenvalue weighted by Gasteiger charge is 2.15. The highest BCUT2D eigenvalue weighted by Crippen LogP contribution is 2.33. The Morgan fingerprint density at radius 1 is 1.18 bits per heavy atom. The average Bonchev–Trinajstić information content (AvgIpc) is 3.27. The van der Waals surface area contributed by atoms with Gasteiger partial charge >= 0.3 is 0 Å². The van der Waals surface area contributed by atoms with Crippen molar-refractivity contribution in [2.24, 2.45) is 7.05 Å².